The summed E-state index contributed by atoms with van der Waals surface area (Å²) < 4.78 is 55.9. The first-order valence-corrected chi connectivity index (χ1v) is 12.6. The quantitative estimate of drug-likeness (QED) is 0.545. The normalized spacial score (nSPS) is 25.0. The Morgan fingerprint density at radius 3 is 2.51 bits per heavy atom. The number of carbonyl (C=O) groups is 1. The van der Waals surface area contributed by atoms with E-state index in [2.05, 4.69) is 5.32 Å². The van der Waals surface area contributed by atoms with Crippen molar-refractivity contribution in [3.05, 3.63) is 60.2 Å². The molecular formula is C27H33F3N2O5. The molecule has 202 valence electrons. The number of fused-ring (bicyclic) bond motifs is 1. The van der Waals surface area contributed by atoms with Crippen molar-refractivity contribution in [2.75, 3.05) is 26.3 Å². The number of benzene rings is 2. The van der Waals surface area contributed by atoms with Crippen LogP contribution in [0.2, 0.25) is 0 Å². The lowest BCUT2D eigenvalue weighted by molar-refractivity contribution is -0.169. The van der Waals surface area contributed by atoms with Gasteiger partial charge >= 0.3 is 6.18 Å². The van der Waals surface area contributed by atoms with E-state index in [1.54, 1.807) is 4.90 Å². The highest BCUT2D eigenvalue weighted by Crippen LogP contribution is 2.29. The third-order valence-electron chi connectivity index (χ3n) is 6.57. The first-order valence-electron chi connectivity index (χ1n) is 12.6. The molecule has 4 rings (SSSR count). The largest absolute Gasteiger partial charge is 0.457 e. The van der Waals surface area contributed by atoms with Crippen LogP contribution in [0, 0.1) is 0 Å². The van der Waals surface area contributed by atoms with Crippen LogP contribution in [-0.4, -0.2) is 72.7 Å². The Balaban J connectivity index is 1.25. The van der Waals surface area contributed by atoms with Crippen LogP contribution in [-0.2, 0) is 20.8 Å². The Kier molecular flexibility index (Phi) is 9.42. The number of ether oxygens (including phenoxy) is 3. The molecule has 1 amide bonds. The minimum Gasteiger partial charge on any atom is -0.457 e. The van der Waals surface area contributed by atoms with Gasteiger partial charge in [0.15, 0.2) is 0 Å². The maximum atomic E-state index is 12.8. The highest BCUT2D eigenvalue weighted by molar-refractivity contribution is 5.76. The van der Waals surface area contributed by atoms with Gasteiger partial charge in [-0.1, -0.05) is 30.3 Å². The van der Waals surface area contributed by atoms with Gasteiger partial charge < -0.3 is 24.6 Å². The molecule has 2 saturated heterocycles. The van der Waals surface area contributed by atoms with E-state index in [4.69, 9.17) is 14.2 Å². The van der Waals surface area contributed by atoms with E-state index in [-0.39, 0.29) is 50.8 Å². The van der Waals surface area contributed by atoms with Gasteiger partial charge in [0.25, 0.3) is 0 Å². The molecule has 0 radical (unpaired) electrons. The van der Waals surface area contributed by atoms with E-state index in [1.807, 2.05) is 54.6 Å². The first-order chi connectivity index (χ1) is 17.7. The van der Waals surface area contributed by atoms with Gasteiger partial charge in [0, 0.05) is 25.7 Å². The molecule has 2 aromatic carbocycles. The lowest BCUT2D eigenvalue weighted by Gasteiger charge is -2.44. The molecule has 2 fully saturated rings. The number of aliphatic hydroxyl groups is 1. The van der Waals surface area contributed by atoms with Gasteiger partial charge in [-0.15, -0.1) is 0 Å². The number of hydrogen-bond acceptors (Lipinski definition) is 6. The number of hydrogen-bond donors (Lipinski definition) is 2. The van der Waals surface area contributed by atoms with Crippen LogP contribution in [0.4, 0.5) is 13.2 Å². The van der Waals surface area contributed by atoms with Crippen molar-refractivity contribution in [1.82, 2.24) is 10.2 Å². The number of nitrogens with one attached hydrogen (secondary N) is 1. The van der Waals surface area contributed by atoms with Crippen LogP contribution >= 0.6 is 0 Å². The Hall–Kier alpha value is -2.66. The molecule has 0 aromatic heterocycles. The highest BCUT2D eigenvalue weighted by atomic mass is 19.4. The maximum Gasteiger partial charge on any atom is 0.390 e. The zero-order chi connectivity index (χ0) is 26.3. The second kappa shape index (κ2) is 12.7. The average molecular weight is 523 g/mol. The highest BCUT2D eigenvalue weighted by Gasteiger charge is 2.39. The van der Waals surface area contributed by atoms with Crippen molar-refractivity contribution >= 4 is 5.91 Å². The number of carbonyl (C=O) groups excluding carboxylic acids is 1. The zero-order valence-corrected chi connectivity index (χ0v) is 20.5. The van der Waals surface area contributed by atoms with Gasteiger partial charge in [0.05, 0.1) is 44.4 Å². The van der Waals surface area contributed by atoms with Gasteiger partial charge in [-0.25, -0.2) is 0 Å². The summed E-state index contributed by atoms with van der Waals surface area (Å²) >= 11 is 0. The van der Waals surface area contributed by atoms with Crippen LogP contribution in [0.25, 0.3) is 0 Å². The van der Waals surface area contributed by atoms with E-state index < -0.39 is 24.8 Å². The smallest absolute Gasteiger partial charge is 0.390 e. The van der Waals surface area contributed by atoms with Gasteiger partial charge in [0.1, 0.15) is 11.5 Å². The Bertz CT molecular complexity index is 990. The summed E-state index contributed by atoms with van der Waals surface area (Å²) in [7, 11) is 0. The molecule has 2 N–H and O–H groups in total. The molecule has 10 heteroatoms. The molecule has 7 nitrogen and oxygen atoms in total. The molecule has 2 aliphatic heterocycles. The number of para-hydroxylation sites is 1. The van der Waals surface area contributed by atoms with E-state index in [9.17, 15) is 23.1 Å². The topological polar surface area (TPSA) is 80.3 Å². The van der Waals surface area contributed by atoms with E-state index in [1.165, 1.54) is 0 Å². The second-order valence-electron chi connectivity index (χ2n) is 9.53. The van der Waals surface area contributed by atoms with Crippen molar-refractivity contribution in [2.24, 2.45) is 0 Å². The maximum absolute atomic E-state index is 12.8. The van der Waals surface area contributed by atoms with Gasteiger partial charge in [-0.2, -0.15) is 13.2 Å². The third-order valence-corrected chi connectivity index (χ3v) is 6.57. The SMILES string of the molecule is O=C(C[C@@H]1CC[C@H]2[C@H](COC[C@H](O)CN2CCC(F)(F)F)O1)NCc1ccc(Oc2ccccc2)cc1. The fourth-order valence-corrected chi connectivity index (χ4v) is 4.75. The van der Waals surface area contributed by atoms with E-state index in [0.717, 1.165) is 11.3 Å². The molecule has 37 heavy (non-hydrogen) atoms. The molecular weight excluding hydrogens is 489 g/mol. The summed E-state index contributed by atoms with van der Waals surface area (Å²) in [4.78, 5) is 14.2. The molecule has 0 unspecified atom stereocenters. The van der Waals surface area contributed by atoms with Gasteiger partial charge in [-0.3, -0.25) is 9.69 Å². The van der Waals surface area contributed by atoms with Gasteiger partial charge in [-0.05, 0) is 42.7 Å². The summed E-state index contributed by atoms with van der Waals surface area (Å²) in [5.41, 5.74) is 0.922. The predicted molar refractivity (Wildman–Crippen MR) is 130 cm³/mol. The summed E-state index contributed by atoms with van der Waals surface area (Å²) in [6.07, 6.45) is -5.61. The van der Waals surface area contributed by atoms with Gasteiger partial charge in [0.2, 0.25) is 5.91 Å². The predicted octanol–water partition coefficient (Wildman–Crippen LogP) is 4.05. The van der Waals surface area contributed by atoms with Crippen LogP contribution in [0.5, 0.6) is 11.5 Å². The third kappa shape index (κ3) is 8.70. The molecule has 0 aliphatic carbocycles. The number of nitrogens with zero attached hydrogens (tertiary/aromatic N) is 1. The molecule has 2 aromatic rings. The molecule has 2 aliphatic rings. The van der Waals surface area contributed by atoms with Crippen molar-refractivity contribution in [3.8, 4) is 11.5 Å². The number of amides is 1. The summed E-state index contributed by atoms with van der Waals surface area (Å²) in [6, 6.07) is 16.6. The number of aliphatic hydroxyl groups excluding tert-OH is 1. The van der Waals surface area contributed by atoms with E-state index in [0.29, 0.717) is 25.1 Å². The zero-order valence-electron chi connectivity index (χ0n) is 20.5. The van der Waals surface area contributed by atoms with Crippen LogP contribution in [0.15, 0.2) is 54.6 Å². The second-order valence-corrected chi connectivity index (χ2v) is 9.53. The lowest BCUT2D eigenvalue weighted by atomic mass is 9.94. The molecule has 0 spiro atoms. The van der Waals surface area contributed by atoms with E-state index >= 15 is 0 Å². The Morgan fingerprint density at radius 2 is 1.78 bits per heavy atom. The number of β-amino-alcohol motifs (C(OH)–C–C–N with tert-alkyl or cyclic N) is 1. The summed E-state index contributed by atoms with van der Waals surface area (Å²) in [6.45, 7) is 0.455. The number of rotatable bonds is 8. The fraction of sp³-hybridized carbons (Fsp3) is 0.519. The Morgan fingerprint density at radius 1 is 1.05 bits per heavy atom. The number of halogens is 3. The summed E-state index contributed by atoms with van der Waals surface area (Å²) in [5.74, 6) is 1.28. The molecule has 2 heterocycles. The minimum absolute atomic E-state index is 0.0371. The fourth-order valence-electron chi connectivity index (χ4n) is 4.75. The van der Waals surface area contributed by atoms with Crippen molar-refractivity contribution < 1.29 is 37.3 Å². The summed E-state index contributed by atoms with van der Waals surface area (Å²) in [5, 5.41) is 13.0. The van der Waals surface area contributed by atoms with Crippen LogP contribution in [0.1, 0.15) is 31.2 Å². The van der Waals surface area contributed by atoms with Crippen molar-refractivity contribution in [1.29, 1.82) is 0 Å². The molecule has 4 atom stereocenters. The first kappa shape index (κ1) is 27.4. The minimum atomic E-state index is -4.27. The monoisotopic (exact) mass is 522 g/mol. The Labute approximate surface area is 214 Å². The molecule has 0 bridgehead atoms. The molecule has 0 saturated carbocycles. The van der Waals surface area contributed by atoms with Crippen LogP contribution < -0.4 is 10.1 Å². The van der Waals surface area contributed by atoms with Crippen molar-refractivity contribution in [3.63, 3.8) is 0 Å². The number of alkyl halides is 3. The van der Waals surface area contributed by atoms with Crippen molar-refractivity contribution in [2.45, 2.75) is 62.8 Å². The van der Waals surface area contributed by atoms with Crippen LogP contribution in [0.3, 0.4) is 0 Å². The lowest BCUT2D eigenvalue weighted by Crippen LogP contribution is -2.56. The standard InChI is InChI=1S/C27H33F3N2O5/c28-27(29,30)12-13-32-16-20(33)17-35-18-25-24(32)11-10-23(37-25)14-26(34)31-15-19-6-8-22(9-7-19)36-21-4-2-1-3-5-21/h1-9,20,23-25,33H,10-18H2,(H,31,34)/t20-,23+,24+,25+/m1/s1. The average Bonchev–Trinajstić information content (AvgIpc) is 2.85.